The molecule has 3 aromatic rings. The van der Waals surface area contributed by atoms with Crippen LogP contribution in [0.1, 0.15) is 70.9 Å². The normalized spacial score (nSPS) is 17.3. The first-order chi connectivity index (χ1) is 21.5. The highest BCUT2D eigenvalue weighted by atomic mass is 32.2. The third kappa shape index (κ3) is 8.34. The highest BCUT2D eigenvalue weighted by molar-refractivity contribution is 7.98. The molecular weight excluding hydrogens is 648 g/mol. The predicted molar refractivity (Wildman–Crippen MR) is 181 cm³/mol. The topological polar surface area (TPSA) is 99.3 Å². The molecule has 1 unspecified atom stereocenters. The van der Waals surface area contributed by atoms with Gasteiger partial charge < -0.3 is 14.1 Å². The minimum Gasteiger partial charge on any atom is -0.476 e. The van der Waals surface area contributed by atoms with Crippen LogP contribution in [0, 0.1) is 18.3 Å². The van der Waals surface area contributed by atoms with E-state index in [1.807, 2.05) is 20.2 Å². The molecule has 4 rings (SSSR count). The number of carbonyl (C=O) groups excluding carboxylic acids is 1. The molecule has 1 fully saturated rings. The summed E-state index contributed by atoms with van der Waals surface area (Å²) < 4.78 is 58.2. The van der Waals surface area contributed by atoms with E-state index in [2.05, 4.69) is 67.5 Å². The number of amides is 1. The molecule has 47 heavy (non-hydrogen) atoms. The van der Waals surface area contributed by atoms with Crippen molar-refractivity contribution in [3.8, 4) is 11.7 Å². The SMILES string of the molecule is Cc1nn(C)cc1SNC(=O)c1ccc(-n2ccc(OCC(C)(C)C(F)(F)F)n2)nc1N1CC(CO[Si](C)(C)C(C)(C)C)CC1(C)C. The summed E-state index contributed by atoms with van der Waals surface area (Å²) in [6, 6.07) is 4.86. The van der Waals surface area contributed by atoms with Crippen molar-refractivity contribution in [3.05, 3.63) is 41.9 Å². The lowest BCUT2D eigenvalue weighted by Gasteiger charge is -2.37. The summed E-state index contributed by atoms with van der Waals surface area (Å²) in [5, 5.41) is 8.77. The fourth-order valence-electron chi connectivity index (χ4n) is 5.05. The number of nitrogens with zero attached hydrogens (tertiary/aromatic N) is 6. The van der Waals surface area contributed by atoms with E-state index in [-0.39, 0.29) is 28.3 Å². The third-order valence-corrected chi connectivity index (χ3v) is 14.6. The van der Waals surface area contributed by atoms with Crippen LogP contribution in [0.3, 0.4) is 0 Å². The molecule has 15 heteroatoms. The second-order valence-electron chi connectivity index (χ2n) is 15.2. The third-order valence-electron chi connectivity index (χ3n) is 9.18. The van der Waals surface area contributed by atoms with Gasteiger partial charge in [0, 0.05) is 50.1 Å². The van der Waals surface area contributed by atoms with Crippen molar-refractivity contribution in [2.45, 2.75) is 96.6 Å². The number of hydrogen-bond acceptors (Lipinski definition) is 8. The smallest absolute Gasteiger partial charge is 0.397 e. The zero-order chi connectivity index (χ0) is 35.2. The van der Waals surface area contributed by atoms with E-state index >= 15 is 0 Å². The average Bonchev–Trinajstić information content (AvgIpc) is 3.63. The molecule has 0 aromatic carbocycles. The lowest BCUT2D eigenvalue weighted by molar-refractivity contribution is -0.219. The Bertz CT molecular complexity index is 1580. The number of nitrogens with one attached hydrogen (secondary N) is 1. The summed E-state index contributed by atoms with van der Waals surface area (Å²) in [5.41, 5.74) is -1.21. The van der Waals surface area contributed by atoms with E-state index in [0.717, 1.165) is 30.9 Å². The van der Waals surface area contributed by atoms with Gasteiger partial charge in [0.25, 0.3) is 5.91 Å². The van der Waals surface area contributed by atoms with Crippen molar-refractivity contribution in [2.24, 2.45) is 18.4 Å². The molecule has 1 atom stereocenters. The van der Waals surface area contributed by atoms with Crippen LogP contribution in [0.4, 0.5) is 19.0 Å². The van der Waals surface area contributed by atoms with E-state index in [9.17, 15) is 18.0 Å². The summed E-state index contributed by atoms with van der Waals surface area (Å²) in [5.74, 6) is 0.825. The Morgan fingerprint density at radius 3 is 2.40 bits per heavy atom. The van der Waals surface area contributed by atoms with Gasteiger partial charge in [0.15, 0.2) is 14.1 Å². The van der Waals surface area contributed by atoms with Crippen molar-refractivity contribution >= 4 is 32.0 Å². The maximum Gasteiger partial charge on any atom is 0.397 e. The number of anilines is 1. The molecular formula is C32H48F3N7O3SSi. The number of rotatable bonds is 11. The molecule has 1 saturated heterocycles. The van der Waals surface area contributed by atoms with Crippen LogP contribution in [0.15, 0.2) is 35.5 Å². The van der Waals surface area contributed by atoms with Crippen LogP contribution in [0.5, 0.6) is 5.88 Å². The van der Waals surface area contributed by atoms with E-state index in [4.69, 9.17) is 14.1 Å². The zero-order valence-corrected chi connectivity index (χ0v) is 31.1. The molecule has 10 nitrogen and oxygen atoms in total. The van der Waals surface area contributed by atoms with Crippen LogP contribution >= 0.6 is 11.9 Å². The van der Waals surface area contributed by atoms with Crippen molar-refractivity contribution in [2.75, 3.05) is 24.7 Å². The van der Waals surface area contributed by atoms with Crippen LogP contribution in [0.2, 0.25) is 18.1 Å². The van der Waals surface area contributed by atoms with E-state index in [0.29, 0.717) is 30.4 Å². The van der Waals surface area contributed by atoms with Gasteiger partial charge in [0.2, 0.25) is 5.88 Å². The largest absolute Gasteiger partial charge is 0.476 e. The number of pyridine rings is 1. The molecule has 260 valence electrons. The first kappa shape index (κ1) is 36.8. The minimum absolute atomic E-state index is 0.0417. The average molecular weight is 696 g/mol. The summed E-state index contributed by atoms with van der Waals surface area (Å²) in [6.45, 7) is 20.1. The molecule has 1 N–H and O–H groups in total. The molecule has 1 aliphatic rings. The fourth-order valence-corrected chi connectivity index (χ4v) is 6.84. The molecule has 0 spiro atoms. The van der Waals surface area contributed by atoms with Gasteiger partial charge >= 0.3 is 6.18 Å². The number of alkyl halides is 3. The maximum absolute atomic E-state index is 13.7. The second kappa shape index (κ2) is 13.1. The minimum atomic E-state index is -4.42. The van der Waals surface area contributed by atoms with E-state index in [1.165, 1.54) is 22.7 Å². The van der Waals surface area contributed by atoms with Gasteiger partial charge in [-0.25, -0.2) is 9.67 Å². The molecule has 0 radical (unpaired) electrons. The fraction of sp³-hybridized carbons (Fsp3) is 0.625. The monoisotopic (exact) mass is 695 g/mol. The lowest BCUT2D eigenvalue weighted by Crippen LogP contribution is -2.42. The molecule has 1 aliphatic heterocycles. The first-order valence-corrected chi connectivity index (χ1v) is 19.4. The highest BCUT2D eigenvalue weighted by Gasteiger charge is 2.48. The van der Waals surface area contributed by atoms with E-state index < -0.39 is 26.5 Å². The van der Waals surface area contributed by atoms with Crippen LogP contribution < -0.4 is 14.4 Å². The Morgan fingerprint density at radius 1 is 1.13 bits per heavy atom. The molecule has 4 heterocycles. The van der Waals surface area contributed by atoms with Crippen molar-refractivity contribution in [3.63, 3.8) is 0 Å². The molecule has 0 saturated carbocycles. The van der Waals surface area contributed by atoms with Crippen molar-refractivity contribution in [1.29, 1.82) is 0 Å². The Balaban J connectivity index is 1.63. The highest BCUT2D eigenvalue weighted by Crippen LogP contribution is 2.41. The molecule has 0 aliphatic carbocycles. The van der Waals surface area contributed by atoms with Crippen LogP contribution in [0.25, 0.3) is 5.82 Å². The van der Waals surface area contributed by atoms with Gasteiger partial charge in [-0.3, -0.25) is 14.2 Å². The second-order valence-corrected chi connectivity index (χ2v) is 20.8. The predicted octanol–water partition coefficient (Wildman–Crippen LogP) is 7.34. The van der Waals surface area contributed by atoms with Crippen molar-refractivity contribution in [1.82, 2.24) is 29.3 Å². The van der Waals surface area contributed by atoms with Gasteiger partial charge in [-0.15, -0.1) is 5.10 Å². The molecule has 3 aromatic heterocycles. The summed E-state index contributed by atoms with van der Waals surface area (Å²) >= 11 is 1.19. The summed E-state index contributed by atoms with van der Waals surface area (Å²) in [7, 11) is -0.146. The lowest BCUT2D eigenvalue weighted by atomic mass is 9.94. The zero-order valence-electron chi connectivity index (χ0n) is 29.2. The van der Waals surface area contributed by atoms with Crippen molar-refractivity contribution < 1.29 is 27.1 Å². The van der Waals surface area contributed by atoms with Gasteiger partial charge in [-0.2, -0.15) is 18.3 Å². The van der Waals surface area contributed by atoms with Gasteiger partial charge in [0.05, 0.1) is 21.6 Å². The number of aryl methyl sites for hydroxylation is 2. The Kier molecular flexibility index (Phi) is 10.3. The maximum atomic E-state index is 13.7. The Morgan fingerprint density at radius 2 is 1.81 bits per heavy atom. The van der Waals surface area contributed by atoms with Gasteiger partial charge in [-0.1, -0.05) is 20.8 Å². The quantitative estimate of drug-likeness (QED) is 0.164. The van der Waals surface area contributed by atoms with Crippen LogP contribution in [-0.4, -0.2) is 70.2 Å². The summed E-state index contributed by atoms with van der Waals surface area (Å²) in [4.78, 5) is 21.6. The Hall–Kier alpha value is -3.04. The summed E-state index contributed by atoms with van der Waals surface area (Å²) in [6.07, 6.45) is -0.167. The van der Waals surface area contributed by atoms with Gasteiger partial charge in [0.1, 0.15) is 12.4 Å². The number of hydrogen-bond donors (Lipinski definition) is 1. The number of ether oxygens (including phenoxy) is 1. The Labute approximate surface area is 281 Å². The molecule has 0 bridgehead atoms. The standard InChI is InChI=1S/C32H48F3N7O3SSi/c1-21-24(18-40(9)37-21)46-39-28(43)23-12-13-25(42-15-14-26(38-42)44-20-30(5,6)32(33,34)35)36-27(23)41-17-22(16-31(41,7)8)19-45-47(10,11)29(2,3)4/h12-15,18,22H,16-17,19-20H2,1-11H3,(H,39,43). The first-order valence-electron chi connectivity index (χ1n) is 15.7. The van der Waals surface area contributed by atoms with Gasteiger partial charge in [-0.05, 0) is 83.3 Å². The number of carbonyl (C=O) groups is 1. The molecule has 1 amide bonds. The number of aromatic nitrogens is 5. The van der Waals surface area contributed by atoms with Crippen LogP contribution in [-0.2, 0) is 11.5 Å². The number of halogens is 3. The van der Waals surface area contributed by atoms with E-state index in [1.54, 1.807) is 23.0 Å².